The van der Waals surface area contributed by atoms with E-state index in [1.54, 1.807) is 19.9 Å². The van der Waals surface area contributed by atoms with Crippen molar-refractivity contribution in [2.75, 3.05) is 6.54 Å². The third-order valence-electron chi connectivity index (χ3n) is 5.91. The quantitative estimate of drug-likeness (QED) is 0.211. The van der Waals surface area contributed by atoms with Crippen LogP contribution in [0.5, 0.6) is 0 Å². The molecule has 1 amide bonds. The predicted molar refractivity (Wildman–Crippen MR) is 126 cm³/mol. The van der Waals surface area contributed by atoms with E-state index in [-0.39, 0.29) is 39.2 Å². The Bertz CT molecular complexity index is 1070. The third kappa shape index (κ3) is 5.25. The molecule has 6 nitrogen and oxygen atoms in total. The van der Waals surface area contributed by atoms with Gasteiger partial charge in [-0.2, -0.15) is 0 Å². The molecular weight excluding hydrogens is 475 g/mol. The van der Waals surface area contributed by atoms with Gasteiger partial charge in [0.05, 0.1) is 26.5 Å². The Morgan fingerprint density at radius 2 is 1.84 bits per heavy atom. The largest absolute Gasteiger partial charge is 0.349 e. The van der Waals surface area contributed by atoms with Gasteiger partial charge in [-0.15, -0.1) is 0 Å². The molecule has 1 N–H and O–H groups in total. The molecule has 0 radical (unpaired) electrons. The molecule has 2 aromatic rings. The molecule has 0 saturated carbocycles. The molecule has 32 heavy (non-hydrogen) atoms. The monoisotopic (exact) mass is 496 g/mol. The summed E-state index contributed by atoms with van der Waals surface area (Å²) in [4.78, 5) is 35.9. The molecule has 170 valence electrons. The van der Waals surface area contributed by atoms with Crippen molar-refractivity contribution < 1.29 is 14.5 Å². The molecule has 2 unspecified atom stereocenters. The zero-order valence-electron chi connectivity index (χ0n) is 17.7. The highest BCUT2D eigenvalue weighted by Gasteiger charge is 2.37. The first-order valence-electron chi connectivity index (χ1n) is 10.3. The zero-order chi connectivity index (χ0) is 23.6. The van der Waals surface area contributed by atoms with Gasteiger partial charge in [0.1, 0.15) is 0 Å². The molecule has 0 fully saturated rings. The minimum atomic E-state index is -1.13. The molecule has 0 saturated heterocycles. The van der Waals surface area contributed by atoms with Crippen molar-refractivity contribution in [3.05, 3.63) is 77.8 Å². The van der Waals surface area contributed by atoms with Gasteiger partial charge in [-0.1, -0.05) is 53.9 Å². The fourth-order valence-corrected chi connectivity index (χ4v) is 4.73. The smallest absolute Gasteiger partial charge is 0.220 e. The van der Waals surface area contributed by atoms with Gasteiger partial charge in [0.2, 0.25) is 12.5 Å². The summed E-state index contributed by atoms with van der Waals surface area (Å²) in [7, 11) is 0. The summed E-state index contributed by atoms with van der Waals surface area (Å²) in [5.74, 6) is -0.237. The first-order chi connectivity index (χ1) is 15.0. The van der Waals surface area contributed by atoms with Crippen molar-refractivity contribution in [2.24, 2.45) is 0 Å². The highest BCUT2D eigenvalue weighted by Crippen LogP contribution is 2.38. The van der Waals surface area contributed by atoms with Crippen LogP contribution in [-0.4, -0.2) is 23.2 Å². The van der Waals surface area contributed by atoms with Crippen molar-refractivity contribution in [2.45, 2.75) is 51.0 Å². The van der Waals surface area contributed by atoms with Crippen molar-refractivity contribution >= 4 is 46.5 Å². The van der Waals surface area contributed by atoms with Gasteiger partial charge in [-0.3, -0.25) is 19.7 Å². The molecule has 0 aliphatic heterocycles. The first-order valence-corrected chi connectivity index (χ1v) is 11.4. The van der Waals surface area contributed by atoms with Crippen LogP contribution in [0.3, 0.4) is 0 Å². The molecule has 2 atom stereocenters. The summed E-state index contributed by atoms with van der Waals surface area (Å²) in [5.41, 5.74) is 1.84. The van der Waals surface area contributed by atoms with E-state index in [4.69, 9.17) is 34.8 Å². The van der Waals surface area contributed by atoms with Crippen LogP contribution in [0.25, 0.3) is 0 Å². The highest BCUT2D eigenvalue weighted by atomic mass is 35.5. The number of carbonyl (C=O) groups excluding carboxylic acids is 2. The molecule has 1 aliphatic rings. The Morgan fingerprint density at radius 1 is 1.19 bits per heavy atom. The average molecular weight is 498 g/mol. The summed E-state index contributed by atoms with van der Waals surface area (Å²) in [6.45, 7) is 2.98. The van der Waals surface area contributed by atoms with Crippen LogP contribution in [0.1, 0.15) is 66.2 Å². The minimum absolute atomic E-state index is 0.0150. The second-order valence-corrected chi connectivity index (χ2v) is 9.52. The maximum atomic E-state index is 13.2. The number of halogens is 3. The number of hydrogen-bond donors (Lipinski definition) is 1. The van der Waals surface area contributed by atoms with Gasteiger partial charge < -0.3 is 5.32 Å². The second-order valence-electron chi connectivity index (χ2n) is 8.33. The number of nitrogens with zero attached hydrogens (tertiary/aromatic N) is 1. The number of rotatable bonds is 8. The summed E-state index contributed by atoms with van der Waals surface area (Å²) >= 11 is 18.3. The standard InChI is InChI=1S/C23H23Cl3N2O4/c1-3-21(30)27-19-7-5-13-8-14(4-6-16(13)19)20(29)11-23(2,12-28(31)32)15-9-17(24)22(26)18(25)10-15/h4,6,8-10,19H,3,5,7,11-12H2,1-2H3,(H,27,30). The Kier molecular flexibility index (Phi) is 7.48. The number of nitro groups is 1. The number of amides is 1. The fraction of sp³-hybridized carbons (Fsp3) is 0.391. The number of Topliss-reactive ketones (excluding diaryl/α,β-unsaturated/α-hetero) is 1. The zero-order valence-corrected chi connectivity index (χ0v) is 20.0. The van der Waals surface area contributed by atoms with E-state index in [9.17, 15) is 19.7 Å². The van der Waals surface area contributed by atoms with Gasteiger partial charge in [0.15, 0.2) is 5.78 Å². The lowest BCUT2D eigenvalue weighted by Crippen LogP contribution is -2.34. The fourth-order valence-electron chi connectivity index (χ4n) is 4.13. The van der Waals surface area contributed by atoms with Crippen LogP contribution in [-0.2, 0) is 16.6 Å². The van der Waals surface area contributed by atoms with E-state index in [1.165, 1.54) is 12.1 Å². The Labute approximate surface area is 201 Å². The van der Waals surface area contributed by atoms with E-state index in [1.807, 2.05) is 12.1 Å². The molecule has 9 heteroatoms. The molecule has 0 spiro atoms. The number of hydrogen-bond acceptors (Lipinski definition) is 4. The van der Waals surface area contributed by atoms with Crippen LogP contribution in [0.2, 0.25) is 15.1 Å². The summed E-state index contributed by atoms with van der Waals surface area (Å²) in [5, 5.41) is 14.9. The lowest BCUT2D eigenvalue weighted by Gasteiger charge is -2.26. The number of ketones is 1. The summed E-state index contributed by atoms with van der Waals surface area (Å²) in [6, 6.07) is 8.39. The second kappa shape index (κ2) is 9.77. The topological polar surface area (TPSA) is 89.3 Å². The maximum absolute atomic E-state index is 13.2. The van der Waals surface area contributed by atoms with Crippen LogP contribution < -0.4 is 5.32 Å². The Balaban J connectivity index is 1.88. The highest BCUT2D eigenvalue weighted by molar-refractivity contribution is 6.48. The third-order valence-corrected chi connectivity index (χ3v) is 7.11. The molecule has 0 aromatic heterocycles. The van der Waals surface area contributed by atoms with Gasteiger partial charge in [-0.05, 0) is 54.7 Å². The van der Waals surface area contributed by atoms with Crippen LogP contribution in [0, 0.1) is 10.1 Å². The van der Waals surface area contributed by atoms with E-state index in [0.717, 1.165) is 24.0 Å². The van der Waals surface area contributed by atoms with Gasteiger partial charge in [0.25, 0.3) is 0 Å². The average Bonchev–Trinajstić information content (AvgIpc) is 3.12. The normalized spacial score (nSPS) is 16.8. The number of carbonyl (C=O) groups is 2. The van der Waals surface area contributed by atoms with E-state index in [0.29, 0.717) is 17.5 Å². The van der Waals surface area contributed by atoms with Gasteiger partial charge in [0, 0.05) is 23.3 Å². The lowest BCUT2D eigenvalue weighted by atomic mass is 9.77. The Morgan fingerprint density at radius 3 is 2.44 bits per heavy atom. The molecule has 0 heterocycles. The van der Waals surface area contributed by atoms with E-state index in [2.05, 4.69) is 5.32 Å². The van der Waals surface area contributed by atoms with Crippen molar-refractivity contribution in [1.29, 1.82) is 0 Å². The number of nitrogens with one attached hydrogen (secondary N) is 1. The Hall–Kier alpha value is -2.15. The summed E-state index contributed by atoms with van der Waals surface area (Å²) in [6.07, 6.45) is 1.84. The number of benzene rings is 2. The van der Waals surface area contributed by atoms with E-state index < -0.39 is 16.9 Å². The number of fused-ring (bicyclic) bond motifs is 1. The van der Waals surface area contributed by atoms with Crippen LogP contribution >= 0.6 is 34.8 Å². The number of aryl methyl sites for hydroxylation is 1. The molecule has 0 bridgehead atoms. The van der Waals surface area contributed by atoms with Gasteiger partial charge in [-0.25, -0.2) is 0 Å². The minimum Gasteiger partial charge on any atom is -0.349 e. The van der Waals surface area contributed by atoms with Gasteiger partial charge >= 0.3 is 0 Å². The maximum Gasteiger partial charge on any atom is 0.220 e. The first kappa shape index (κ1) is 24.5. The molecule has 1 aliphatic carbocycles. The molecule has 3 rings (SSSR count). The van der Waals surface area contributed by atoms with Crippen molar-refractivity contribution in [1.82, 2.24) is 5.32 Å². The van der Waals surface area contributed by atoms with Crippen molar-refractivity contribution in [3.63, 3.8) is 0 Å². The summed E-state index contributed by atoms with van der Waals surface area (Å²) < 4.78 is 0. The van der Waals surface area contributed by atoms with Crippen LogP contribution in [0.15, 0.2) is 30.3 Å². The van der Waals surface area contributed by atoms with Crippen LogP contribution in [0.4, 0.5) is 0 Å². The molecule has 2 aromatic carbocycles. The SMILES string of the molecule is CCC(=O)NC1CCc2cc(C(=O)CC(C)(C[N+](=O)[O-])c3cc(Cl)c(Cl)c(Cl)c3)ccc21. The van der Waals surface area contributed by atoms with Crippen molar-refractivity contribution in [3.8, 4) is 0 Å². The lowest BCUT2D eigenvalue weighted by molar-refractivity contribution is -0.490. The predicted octanol–water partition coefficient (Wildman–Crippen LogP) is 5.97. The molecular formula is C23H23Cl3N2O4. The van der Waals surface area contributed by atoms with E-state index >= 15 is 0 Å².